The SMILES string of the molecule is CCC(C)N(C)CC(=O)Nc1cccc(N)c1. The van der Waals surface area contributed by atoms with Crippen LogP contribution in [0.2, 0.25) is 0 Å². The van der Waals surface area contributed by atoms with Crippen LogP contribution in [-0.4, -0.2) is 30.4 Å². The summed E-state index contributed by atoms with van der Waals surface area (Å²) in [6.45, 7) is 4.61. The summed E-state index contributed by atoms with van der Waals surface area (Å²) < 4.78 is 0. The summed E-state index contributed by atoms with van der Waals surface area (Å²) in [5.41, 5.74) is 7.04. The van der Waals surface area contributed by atoms with E-state index in [1.807, 2.05) is 24.1 Å². The lowest BCUT2D eigenvalue weighted by Gasteiger charge is -2.22. The van der Waals surface area contributed by atoms with Crippen LogP contribution in [0.3, 0.4) is 0 Å². The molecule has 0 radical (unpaired) electrons. The van der Waals surface area contributed by atoms with Crippen molar-refractivity contribution in [2.45, 2.75) is 26.3 Å². The number of benzene rings is 1. The standard InChI is InChI=1S/C13H21N3O/c1-4-10(2)16(3)9-13(17)15-12-7-5-6-11(14)8-12/h5-8,10H,4,9,14H2,1-3H3,(H,15,17). The zero-order chi connectivity index (χ0) is 12.8. The second-order valence-electron chi connectivity index (χ2n) is 4.35. The van der Waals surface area contributed by atoms with Crippen LogP contribution < -0.4 is 11.1 Å². The minimum absolute atomic E-state index is 0.0154. The molecule has 3 N–H and O–H groups in total. The molecule has 0 bridgehead atoms. The largest absolute Gasteiger partial charge is 0.399 e. The van der Waals surface area contributed by atoms with Crippen LogP contribution in [0, 0.1) is 0 Å². The maximum atomic E-state index is 11.8. The third-order valence-corrected chi connectivity index (χ3v) is 2.91. The third-order valence-electron chi connectivity index (χ3n) is 2.91. The number of amides is 1. The number of nitrogen functional groups attached to an aromatic ring is 1. The van der Waals surface area contributed by atoms with Gasteiger partial charge in [0.1, 0.15) is 0 Å². The fourth-order valence-electron chi connectivity index (χ4n) is 1.51. The molecule has 94 valence electrons. The molecule has 1 rings (SSSR count). The Morgan fingerprint density at radius 1 is 1.53 bits per heavy atom. The molecular formula is C13H21N3O. The fraction of sp³-hybridized carbons (Fsp3) is 0.462. The number of likely N-dealkylation sites (N-methyl/N-ethyl adjacent to an activating group) is 1. The summed E-state index contributed by atoms with van der Waals surface area (Å²) in [5.74, 6) is -0.0154. The van der Waals surface area contributed by atoms with Gasteiger partial charge < -0.3 is 11.1 Å². The monoisotopic (exact) mass is 235 g/mol. The van der Waals surface area contributed by atoms with Gasteiger partial charge >= 0.3 is 0 Å². The summed E-state index contributed by atoms with van der Waals surface area (Å²) in [7, 11) is 1.95. The first kappa shape index (κ1) is 13.5. The van der Waals surface area contributed by atoms with Gasteiger partial charge in [0.05, 0.1) is 6.54 Å². The molecular weight excluding hydrogens is 214 g/mol. The van der Waals surface area contributed by atoms with E-state index in [1.54, 1.807) is 12.1 Å². The first-order chi connectivity index (χ1) is 8.02. The number of hydrogen-bond acceptors (Lipinski definition) is 3. The Hall–Kier alpha value is -1.55. The second-order valence-corrected chi connectivity index (χ2v) is 4.35. The van der Waals surface area contributed by atoms with Gasteiger partial charge in [0.15, 0.2) is 0 Å². The molecule has 0 aliphatic heterocycles. The topological polar surface area (TPSA) is 58.4 Å². The van der Waals surface area contributed by atoms with E-state index in [0.29, 0.717) is 18.3 Å². The Morgan fingerprint density at radius 2 is 2.24 bits per heavy atom. The smallest absolute Gasteiger partial charge is 0.238 e. The highest BCUT2D eigenvalue weighted by molar-refractivity contribution is 5.92. The van der Waals surface area contributed by atoms with Crippen LogP contribution in [0.15, 0.2) is 24.3 Å². The summed E-state index contributed by atoms with van der Waals surface area (Å²) in [6.07, 6.45) is 1.03. The highest BCUT2D eigenvalue weighted by Crippen LogP contribution is 2.11. The van der Waals surface area contributed by atoms with Gasteiger partial charge in [-0.25, -0.2) is 0 Å². The third kappa shape index (κ3) is 4.44. The van der Waals surface area contributed by atoms with Gasteiger partial charge in [-0.15, -0.1) is 0 Å². The molecule has 0 saturated heterocycles. The summed E-state index contributed by atoms with van der Waals surface area (Å²) >= 11 is 0. The molecule has 17 heavy (non-hydrogen) atoms. The Bertz CT molecular complexity index is 379. The molecule has 4 heteroatoms. The van der Waals surface area contributed by atoms with Crippen molar-refractivity contribution in [3.8, 4) is 0 Å². The molecule has 0 heterocycles. The number of carbonyl (C=O) groups excluding carboxylic acids is 1. The first-order valence-corrected chi connectivity index (χ1v) is 5.88. The Morgan fingerprint density at radius 3 is 2.82 bits per heavy atom. The number of nitrogens with two attached hydrogens (primary N) is 1. The lowest BCUT2D eigenvalue weighted by molar-refractivity contribution is -0.117. The number of rotatable bonds is 5. The lowest BCUT2D eigenvalue weighted by Crippen LogP contribution is -2.36. The Labute approximate surface area is 103 Å². The van der Waals surface area contributed by atoms with Gasteiger partial charge in [0.2, 0.25) is 5.91 Å². The summed E-state index contributed by atoms with van der Waals surface area (Å²) in [6, 6.07) is 7.60. The van der Waals surface area contributed by atoms with Crippen LogP contribution in [0.4, 0.5) is 11.4 Å². The molecule has 0 fully saturated rings. The van der Waals surface area contributed by atoms with E-state index >= 15 is 0 Å². The maximum absolute atomic E-state index is 11.8. The number of carbonyl (C=O) groups is 1. The van der Waals surface area contributed by atoms with Crippen LogP contribution >= 0.6 is 0 Å². The van der Waals surface area contributed by atoms with Gasteiger partial charge in [-0.2, -0.15) is 0 Å². The van der Waals surface area contributed by atoms with E-state index in [1.165, 1.54) is 0 Å². The Kier molecular flexibility index (Phi) is 4.97. The number of nitrogens with one attached hydrogen (secondary N) is 1. The van der Waals surface area contributed by atoms with Gasteiger partial charge in [-0.3, -0.25) is 9.69 Å². The van der Waals surface area contributed by atoms with Crippen LogP contribution in [0.1, 0.15) is 20.3 Å². The van der Waals surface area contributed by atoms with Crippen molar-refractivity contribution in [3.05, 3.63) is 24.3 Å². The highest BCUT2D eigenvalue weighted by atomic mass is 16.2. The van der Waals surface area contributed by atoms with Gasteiger partial charge in [0.25, 0.3) is 0 Å². The minimum atomic E-state index is -0.0154. The molecule has 1 atom stereocenters. The molecule has 1 amide bonds. The van der Waals surface area contributed by atoms with Gasteiger partial charge in [-0.1, -0.05) is 13.0 Å². The zero-order valence-corrected chi connectivity index (χ0v) is 10.7. The summed E-state index contributed by atoms with van der Waals surface area (Å²) in [5, 5.41) is 2.83. The minimum Gasteiger partial charge on any atom is -0.399 e. The first-order valence-electron chi connectivity index (χ1n) is 5.88. The molecule has 0 aromatic heterocycles. The number of anilines is 2. The highest BCUT2D eigenvalue weighted by Gasteiger charge is 2.11. The van der Waals surface area contributed by atoms with Crippen molar-refractivity contribution in [2.75, 3.05) is 24.6 Å². The van der Waals surface area contributed by atoms with Crippen molar-refractivity contribution < 1.29 is 4.79 Å². The van der Waals surface area contributed by atoms with E-state index < -0.39 is 0 Å². The van der Waals surface area contributed by atoms with Crippen molar-refractivity contribution >= 4 is 17.3 Å². The summed E-state index contributed by atoms with van der Waals surface area (Å²) in [4.78, 5) is 13.8. The van der Waals surface area contributed by atoms with E-state index in [-0.39, 0.29) is 5.91 Å². The van der Waals surface area contributed by atoms with Crippen molar-refractivity contribution in [2.24, 2.45) is 0 Å². The second kappa shape index (κ2) is 6.25. The van der Waals surface area contributed by atoms with Crippen molar-refractivity contribution in [3.63, 3.8) is 0 Å². The molecule has 0 aliphatic rings. The molecule has 1 unspecified atom stereocenters. The van der Waals surface area contributed by atoms with E-state index in [0.717, 1.165) is 12.1 Å². The van der Waals surface area contributed by atoms with Crippen LogP contribution in [0.25, 0.3) is 0 Å². The fourth-order valence-corrected chi connectivity index (χ4v) is 1.51. The van der Waals surface area contributed by atoms with Gasteiger partial charge in [-0.05, 0) is 38.6 Å². The molecule has 1 aromatic carbocycles. The maximum Gasteiger partial charge on any atom is 0.238 e. The Balaban J connectivity index is 2.50. The van der Waals surface area contributed by atoms with E-state index in [4.69, 9.17) is 5.73 Å². The lowest BCUT2D eigenvalue weighted by atomic mass is 10.2. The van der Waals surface area contributed by atoms with Crippen molar-refractivity contribution in [1.29, 1.82) is 0 Å². The molecule has 4 nitrogen and oxygen atoms in total. The average molecular weight is 235 g/mol. The van der Waals surface area contributed by atoms with Crippen LogP contribution in [0.5, 0.6) is 0 Å². The zero-order valence-electron chi connectivity index (χ0n) is 10.7. The molecule has 1 aromatic rings. The average Bonchev–Trinajstić information content (AvgIpc) is 2.27. The molecule has 0 aliphatic carbocycles. The number of hydrogen-bond donors (Lipinski definition) is 2. The van der Waals surface area contributed by atoms with Gasteiger partial charge in [0, 0.05) is 17.4 Å². The predicted octanol–water partition coefficient (Wildman–Crippen LogP) is 1.94. The normalized spacial score (nSPS) is 12.5. The van der Waals surface area contributed by atoms with Crippen molar-refractivity contribution in [1.82, 2.24) is 4.90 Å². The van der Waals surface area contributed by atoms with E-state index in [9.17, 15) is 4.79 Å². The molecule has 0 saturated carbocycles. The van der Waals surface area contributed by atoms with E-state index in [2.05, 4.69) is 19.2 Å². The predicted molar refractivity (Wildman–Crippen MR) is 71.9 cm³/mol. The number of nitrogens with zero attached hydrogens (tertiary/aromatic N) is 1. The van der Waals surface area contributed by atoms with Crippen LogP contribution in [-0.2, 0) is 4.79 Å². The molecule has 0 spiro atoms. The quantitative estimate of drug-likeness (QED) is 0.767.